The predicted molar refractivity (Wildman–Crippen MR) is 109 cm³/mol. The monoisotopic (exact) mass is 417 g/mol. The molecule has 2 aromatic rings. The molecule has 1 aliphatic rings. The van der Waals surface area contributed by atoms with Gasteiger partial charge in [-0.05, 0) is 42.7 Å². The summed E-state index contributed by atoms with van der Waals surface area (Å²) >= 11 is 0. The zero-order chi connectivity index (χ0) is 20.9. The van der Waals surface area contributed by atoms with E-state index in [9.17, 15) is 23.3 Å². The molecule has 0 spiro atoms. The summed E-state index contributed by atoms with van der Waals surface area (Å²) in [7, 11) is -3.52. The molecule has 0 aliphatic carbocycles. The highest BCUT2D eigenvalue weighted by Gasteiger charge is 2.25. The summed E-state index contributed by atoms with van der Waals surface area (Å²) in [6.45, 7) is 1.08. The van der Waals surface area contributed by atoms with Gasteiger partial charge in [0, 0.05) is 30.9 Å². The zero-order valence-corrected chi connectivity index (χ0v) is 16.7. The van der Waals surface area contributed by atoms with Crippen LogP contribution >= 0.6 is 0 Å². The number of benzene rings is 2. The van der Waals surface area contributed by atoms with Crippen molar-refractivity contribution in [3.8, 4) is 0 Å². The van der Waals surface area contributed by atoms with Crippen LogP contribution in [-0.4, -0.2) is 36.6 Å². The highest BCUT2D eigenvalue weighted by molar-refractivity contribution is 7.89. The molecule has 1 saturated heterocycles. The second kappa shape index (κ2) is 9.15. The first-order valence-corrected chi connectivity index (χ1v) is 10.9. The van der Waals surface area contributed by atoms with Crippen LogP contribution in [0.2, 0.25) is 0 Å². The Labute approximate surface area is 169 Å². The lowest BCUT2D eigenvalue weighted by Crippen LogP contribution is -2.31. The maximum atomic E-state index is 12.8. The SMILES string of the molecule is O=C(Cc1ccc([N+](=O)[O-])cc1)Nc1ccc(S(=O)(=O)N2CCCCCC2)cc1. The van der Waals surface area contributed by atoms with Gasteiger partial charge in [0.2, 0.25) is 15.9 Å². The Morgan fingerprint density at radius 1 is 0.966 bits per heavy atom. The minimum Gasteiger partial charge on any atom is -0.326 e. The normalized spacial score (nSPS) is 15.4. The number of nitro benzene ring substituents is 1. The third-order valence-corrected chi connectivity index (χ3v) is 6.77. The van der Waals surface area contributed by atoms with Crippen molar-refractivity contribution in [3.63, 3.8) is 0 Å². The fraction of sp³-hybridized carbons (Fsp3) is 0.350. The van der Waals surface area contributed by atoms with E-state index in [2.05, 4.69) is 5.32 Å². The van der Waals surface area contributed by atoms with Crippen molar-refractivity contribution in [2.75, 3.05) is 18.4 Å². The first-order valence-electron chi connectivity index (χ1n) is 9.50. The molecule has 2 aromatic carbocycles. The maximum Gasteiger partial charge on any atom is 0.269 e. The molecule has 0 saturated carbocycles. The molecule has 0 radical (unpaired) electrons. The second-order valence-electron chi connectivity index (χ2n) is 6.99. The smallest absolute Gasteiger partial charge is 0.269 e. The van der Waals surface area contributed by atoms with Gasteiger partial charge >= 0.3 is 0 Å². The number of carbonyl (C=O) groups is 1. The minimum atomic E-state index is -3.52. The number of hydrogen-bond acceptors (Lipinski definition) is 5. The average molecular weight is 417 g/mol. The molecule has 1 heterocycles. The van der Waals surface area contributed by atoms with Gasteiger partial charge in [0.05, 0.1) is 16.2 Å². The quantitative estimate of drug-likeness (QED) is 0.573. The topological polar surface area (TPSA) is 110 Å². The Balaban J connectivity index is 1.62. The van der Waals surface area contributed by atoms with Gasteiger partial charge < -0.3 is 5.32 Å². The van der Waals surface area contributed by atoms with Crippen molar-refractivity contribution in [1.82, 2.24) is 4.31 Å². The van der Waals surface area contributed by atoms with E-state index in [1.165, 1.54) is 40.7 Å². The van der Waals surface area contributed by atoms with Crippen LogP contribution in [0.25, 0.3) is 0 Å². The molecular formula is C20H23N3O5S. The van der Waals surface area contributed by atoms with Crippen LogP contribution in [0.5, 0.6) is 0 Å². The average Bonchev–Trinajstić information content (AvgIpc) is 2.99. The van der Waals surface area contributed by atoms with Crippen LogP contribution in [-0.2, 0) is 21.2 Å². The van der Waals surface area contributed by atoms with Crippen molar-refractivity contribution in [2.45, 2.75) is 37.0 Å². The zero-order valence-electron chi connectivity index (χ0n) is 15.9. The second-order valence-corrected chi connectivity index (χ2v) is 8.93. The fourth-order valence-electron chi connectivity index (χ4n) is 3.27. The van der Waals surface area contributed by atoms with Gasteiger partial charge in [0.15, 0.2) is 0 Å². The van der Waals surface area contributed by atoms with E-state index in [4.69, 9.17) is 0 Å². The summed E-state index contributed by atoms with van der Waals surface area (Å²) in [5, 5.41) is 13.4. The lowest BCUT2D eigenvalue weighted by atomic mass is 10.1. The van der Waals surface area contributed by atoms with Gasteiger partial charge in [0.1, 0.15) is 0 Å². The number of rotatable bonds is 6. The highest BCUT2D eigenvalue weighted by atomic mass is 32.2. The summed E-state index contributed by atoms with van der Waals surface area (Å²) in [4.78, 5) is 22.6. The molecule has 1 fully saturated rings. The van der Waals surface area contributed by atoms with Gasteiger partial charge in [-0.25, -0.2) is 8.42 Å². The van der Waals surface area contributed by atoms with E-state index in [-0.39, 0.29) is 22.9 Å². The molecule has 154 valence electrons. The Bertz CT molecular complexity index is 964. The van der Waals surface area contributed by atoms with Gasteiger partial charge in [-0.15, -0.1) is 0 Å². The van der Waals surface area contributed by atoms with Crippen molar-refractivity contribution in [1.29, 1.82) is 0 Å². The molecule has 0 unspecified atom stereocenters. The van der Waals surface area contributed by atoms with E-state index < -0.39 is 14.9 Å². The van der Waals surface area contributed by atoms with E-state index in [1.54, 1.807) is 12.1 Å². The Morgan fingerprint density at radius 2 is 1.55 bits per heavy atom. The first-order chi connectivity index (χ1) is 13.9. The van der Waals surface area contributed by atoms with E-state index >= 15 is 0 Å². The summed E-state index contributed by atoms with van der Waals surface area (Å²) in [5.41, 5.74) is 1.11. The predicted octanol–water partition coefficient (Wildman–Crippen LogP) is 3.34. The number of nitro groups is 1. The maximum absolute atomic E-state index is 12.8. The number of anilines is 1. The summed E-state index contributed by atoms with van der Waals surface area (Å²) in [6, 6.07) is 11.9. The number of amides is 1. The number of non-ortho nitro benzene ring substituents is 1. The number of sulfonamides is 1. The third-order valence-electron chi connectivity index (χ3n) is 4.85. The molecule has 3 rings (SSSR count). The Hall–Kier alpha value is -2.78. The van der Waals surface area contributed by atoms with E-state index in [1.807, 2.05) is 0 Å². The van der Waals surface area contributed by atoms with Crippen LogP contribution in [0.15, 0.2) is 53.4 Å². The molecular weight excluding hydrogens is 394 g/mol. The summed E-state index contributed by atoms with van der Waals surface area (Å²) < 4.78 is 27.1. The highest BCUT2D eigenvalue weighted by Crippen LogP contribution is 2.22. The lowest BCUT2D eigenvalue weighted by Gasteiger charge is -2.20. The van der Waals surface area contributed by atoms with Gasteiger partial charge in [-0.3, -0.25) is 14.9 Å². The molecule has 8 nitrogen and oxygen atoms in total. The molecule has 0 atom stereocenters. The number of carbonyl (C=O) groups excluding carboxylic acids is 1. The van der Waals surface area contributed by atoms with Crippen molar-refractivity contribution in [2.24, 2.45) is 0 Å². The molecule has 1 amide bonds. The first kappa shape index (κ1) is 20.9. The van der Waals surface area contributed by atoms with Crippen molar-refractivity contribution < 1.29 is 18.1 Å². The number of nitrogens with one attached hydrogen (secondary N) is 1. The van der Waals surface area contributed by atoms with Crippen LogP contribution in [0, 0.1) is 10.1 Å². The molecule has 0 bridgehead atoms. The van der Waals surface area contributed by atoms with Crippen LogP contribution < -0.4 is 5.32 Å². The number of hydrogen-bond donors (Lipinski definition) is 1. The molecule has 1 aliphatic heterocycles. The van der Waals surface area contributed by atoms with Gasteiger partial charge in [-0.2, -0.15) is 4.31 Å². The van der Waals surface area contributed by atoms with E-state index in [0.29, 0.717) is 24.3 Å². The molecule has 29 heavy (non-hydrogen) atoms. The molecule has 1 N–H and O–H groups in total. The van der Waals surface area contributed by atoms with Gasteiger partial charge in [-0.1, -0.05) is 25.0 Å². The summed E-state index contributed by atoms with van der Waals surface area (Å²) in [6.07, 6.45) is 3.90. The van der Waals surface area contributed by atoms with Crippen LogP contribution in [0.1, 0.15) is 31.2 Å². The molecule has 9 heteroatoms. The van der Waals surface area contributed by atoms with E-state index in [0.717, 1.165) is 25.7 Å². The molecule has 0 aromatic heterocycles. The standard InChI is InChI=1S/C20H23N3O5S/c24-20(15-16-5-9-18(10-6-16)23(25)26)21-17-7-11-19(12-8-17)29(27,28)22-13-3-1-2-4-14-22/h5-12H,1-4,13-15H2,(H,21,24). The number of nitrogens with zero attached hydrogens (tertiary/aromatic N) is 2. The summed E-state index contributed by atoms with van der Waals surface area (Å²) in [5.74, 6) is -0.290. The largest absolute Gasteiger partial charge is 0.326 e. The third kappa shape index (κ3) is 5.39. The van der Waals surface area contributed by atoms with Crippen LogP contribution in [0.4, 0.5) is 11.4 Å². The fourth-order valence-corrected chi connectivity index (χ4v) is 4.78. The minimum absolute atomic E-state index is 0.0321. The van der Waals surface area contributed by atoms with Crippen molar-refractivity contribution in [3.05, 3.63) is 64.2 Å². The lowest BCUT2D eigenvalue weighted by molar-refractivity contribution is -0.384. The Kier molecular flexibility index (Phi) is 6.60. The van der Waals surface area contributed by atoms with Gasteiger partial charge in [0.25, 0.3) is 5.69 Å². The Morgan fingerprint density at radius 3 is 2.10 bits per heavy atom. The van der Waals surface area contributed by atoms with Crippen LogP contribution in [0.3, 0.4) is 0 Å². The van der Waals surface area contributed by atoms with Crippen molar-refractivity contribution >= 4 is 27.3 Å².